The molecule has 0 aromatic carbocycles. The second-order valence-electron chi connectivity index (χ2n) is 2.27. The molecule has 0 bridgehead atoms. The first kappa shape index (κ1) is 9.37. The molecule has 0 amide bonds. The number of hydrogen-bond acceptors (Lipinski definition) is 2. The van der Waals surface area contributed by atoms with Crippen molar-refractivity contribution in [1.29, 1.82) is 0 Å². The van der Waals surface area contributed by atoms with Gasteiger partial charge in [-0.3, -0.25) is 0 Å². The van der Waals surface area contributed by atoms with Gasteiger partial charge in [-0.25, -0.2) is 0 Å². The number of rotatable bonds is 6. The van der Waals surface area contributed by atoms with E-state index in [0.29, 0.717) is 13.2 Å². The number of carbonyl (C=O) groups is 1. The lowest BCUT2D eigenvalue weighted by molar-refractivity contribution is -0.111. The molecule has 0 saturated carbocycles. The summed E-state index contributed by atoms with van der Waals surface area (Å²) in [6.45, 7) is 6.60. The standard InChI is InChI=1S/C8H14O2/c1-3-5-10-6-4-8(2)7-9/h3,7-8H,1,4-6H2,2H3/t8-/m0/s1. The Kier molecular flexibility index (Phi) is 6.08. The van der Waals surface area contributed by atoms with E-state index < -0.39 is 0 Å². The Hall–Kier alpha value is -0.630. The van der Waals surface area contributed by atoms with Gasteiger partial charge in [0.15, 0.2) is 0 Å². The Morgan fingerprint density at radius 1 is 1.70 bits per heavy atom. The van der Waals surface area contributed by atoms with Crippen molar-refractivity contribution in [1.82, 2.24) is 0 Å². The lowest BCUT2D eigenvalue weighted by Crippen LogP contribution is -2.02. The molecule has 1 atom stereocenters. The van der Waals surface area contributed by atoms with Gasteiger partial charge in [-0.1, -0.05) is 13.0 Å². The minimum absolute atomic E-state index is 0.116. The SMILES string of the molecule is C=CCOCC[C@H](C)C=O. The largest absolute Gasteiger partial charge is 0.377 e. The zero-order chi connectivity index (χ0) is 7.82. The number of carbonyl (C=O) groups excluding carboxylic acids is 1. The van der Waals surface area contributed by atoms with Crippen LogP contribution in [0.3, 0.4) is 0 Å². The molecule has 0 aliphatic carbocycles. The summed E-state index contributed by atoms with van der Waals surface area (Å²) in [6.07, 6.45) is 3.44. The highest BCUT2D eigenvalue weighted by molar-refractivity contribution is 5.52. The monoisotopic (exact) mass is 142 g/mol. The van der Waals surface area contributed by atoms with E-state index in [0.717, 1.165) is 12.7 Å². The van der Waals surface area contributed by atoms with Crippen molar-refractivity contribution in [2.45, 2.75) is 13.3 Å². The van der Waals surface area contributed by atoms with Crippen LogP contribution in [0.25, 0.3) is 0 Å². The molecule has 58 valence electrons. The summed E-state index contributed by atoms with van der Waals surface area (Å²) in [5.41, 5.74) is 0. The molecule has 0 unspecified atom stereocenters. The van der Waals surface area contributed by atoms with E-state index in [1.54, 1.807) is 6.08 Å². The average molecular weight is 142 g/mol. The van der Waals surface area contributed by atoms with E-state index in [4.69, 9.17) is 4.74 Å². The maximum atomic E-state index is 10.1. The molecule has 0 aliphatic heterocycles. The van der Waals surface area contributed by atoms with E-state index in [1.165, 1.54) is 0 Å². The van der Waals surface area contributed by atoms with E-state index in [1.807, 2.05) is 6.92 Å². The summed E-state index contributed by atoms with van der Waals surface area (Å²) in [6, 6.07) is 0. The predicted molar refractivity (Wildman–Crippen MR) is 40.9 cm³/mol. The average Bonchev–Trinajstić information content (AvgIpc) is 1.98. The summed E-state index contributed by atoms with van der Waals surface area (Å²) in [5, 5.41) is 0. The Morgan fingerprint density at radius 3 is 2.90 bits per heavy atom. The van der Waals surface area contributed by atoms with Gasteiger partial charge in [-0.15, -0.1) is 6.58 Å². The lowest BCUT2D eigenvalue weighted by atomic mass is 10.1. The van der Waals surface area contributed by atoms with Crippen molar-refractivity contribution in [3.63, 3.8) is 0 Å². The quantitative estimate of drug-likeness (QED) is 0.318. The highest BCUT2D eigenvalue weighted by Crippen LogP contribution is 1.96. The fourth-order valence-corrected chi connectivity index (χ4v) is 0.504. The summed E-state index contributed by atoms with van der Waals surface area (Å²) in [7, 11) is 0. The molecule has 0 fully saturated rings. The Morgan fingerprint density at radius 2 is 2.40 bits per heavy atom. The van der Waals surface area contributed by atoms with Crippen LogP contribution in [0.5, 0.6) is 0 Å². The van der Waals surface area contributed by atoms with Gasteiger partial charge in [0.2, 0.25) is 0 Å². The van der Waals surface area contributed by atoms with Crippen molar-refractivity contribution in [3.8, 4) is 0 Å². The molecule has 0 heterocycles. The van der Waals surface area contributed by atoms with Crippen LogP contribution < -0.4 is 0 Å². The molecule has 0 aromatic heterocycles. The Bertz CT molecular complexity index is 99.4. The fraction of sp³-hybridized carbons (Fsp3) is 0.625. The molecule has 0 aromatic rings. The fourth-order valence-electron chi connectivity index (χ4n) is 0.504. The van der Waals surface area contributed by atoms with Crippen molar-refractivity contribution < 1.29 is 9.53 Å². The third kappa shape index (κ3) is 5.51. The van der Waals surface area contributed by atoms with Crippen LogP contribution in [0.2, 0.25) is 0 Å². The minimum Gasteiger partial charge on any atom is -0.377 e. The van der Waals surface area contributed by atoms with Gasteiger partial charge >= 0.3 is 0 Å². The highest BCUT2D eigenvalue weighted by Gasteiger charge is 1.96. The van der Waals surface area contributed by atoms with Gasteiger partial charge in [-0.05, 0) is 6.42 Å². The summed E-state index contributed by atoms with van der Waals surface area (Å²) in [5.74, 6) is 0.116. The van der Waals surface area contributed by atoms with E-state index >= 15 is 0 Å². The lowest BCUT2D eigenvalue weighted by Gasteiger charge is -2.01. The number of ether oxygens (including phenoxy) is 1. The third-order valence-electron chi connectivity index (χ3n) is 1.19. The molecular weight excluding hydrogens is 128 g/mol. The molecule has 0 N–H and O–H groups in total. The van der Waals surface area contributed by atoms with E-state index in [-0.39, 0.29) is 5.92 Å². The third-order valence-corrected chi connectivity index (χ3v) is 1.19. The van der Waals surface area contributed by atoms with Crippen LogP contribution in [-0.4, -0.2) is 19.5 Å². The molecule has 0 spiro atoms. The molecular formula is C8H14O2. The van der Waals surface area contributed by atoms with Gasteiger partial charge in [0.1, 0.15) is 6.29 Å². The van der Waals surface area contributed by atoms with Crippen molar-refractivity contribution >= 4 is 6.29 Å². The predicted octanol–water partition coefficient (Wildman–Crippen LogP) is 1.41. The summed E-state index contributed by atoms with van der Waals surface area (Å²) >= 11 is 0. The first-order valence-corrected chi connectivity index (χ1v) is 3.45. The van der Waals surface area contributed by atoms with Crippen molar-refractivity contribution in [3.05, 3.63) is 12.7 Å². The molecule has 2 heteroatoms. The van der Waals surface area contributed by atoms with E-state index in [9.17, 15) is 4.79 Å². The molecule has 0 radical (unpaired) electrons. The second kappa shape index (κ2) is 6.49. The Balaban J connectivity index is 3.02. The van der Waals surface area contributed by atoms with Gasteiger partial charge in [0.25, 0.3) is 0 Å². The van der Waals surface area contributed by atoms with Crippen LogP contribution in [-0.2, 0) is 9.53 Å². The number of hydrogen-bond donors (Lipinski definition) is 0. The van der Waals surface area contributed by atoms with Crippen molar-refractivity contribution in [2.24, 2.45) is 5.92 Å². The van der Waals surface area contributed by atoms with Gasteiger partial charge in [0.05, 0.1) is 6.61 Å². The summed E-state index contributed by atoms with van der Waals surface area (Å²) < 4.78 is 5.08. The molecule has 2 nitrogen and oxygen atoms in total. The molecule has 0 saturated heterocycles. The van der Waals surface area contributed by atoms with Crippen LogP contribution in [0.4, 0.5) is 0 Å². The highest BCUT2D eigenvalue weighted by atomic mass is 16.5. The van der Waals surface area contributed by atoms with Crippen molar-refractivity contribution in [2.75, 3.05) is 13.2 Å². The zero-order valence-electron chi connectivity index (χ0n) is 6.38. The van der Waals surface area contributed by atoms with Gasteiger partial charge < -0.3 is 9.53 Å². The maximum absolute atomic E-state index is 10.1. The van der Waals surface area contributed by atoms with Crippen LogP contribution >= 0.6 is 0 Å². The normalized spacial score (nSPS) is 12.5. The van der Waals surface area contributed by atoms with E-state index in [2.05, 4.69) is 6.58 Å². The smallest absolute Gasteiger partial charge is 0.122 e. The minimum atomic E-state index is 0.116. The topological polar surface area (TPSA) is 26.3 Å². The molecule has 10 heavy (non-hydrogen) atoms. The second-order valence-corrected chi connectivity index (χ2v) is 2.27. The first-order valence-electron chi connectivity index (χ1n) is 3.45. The van der Waals surface area contributed by atoms with Crippen LogP contribution in [0.1, 0.15) is 13.3 Å². The van der Waals surface area contributed by atoms with Gasteiger partial charge in [0, 0.05) is 12.5 Å². The zero-order valence-corrected chi connectivity index (χ0v) is 6.38. The summed E-state index contributed by atoms with van der Waals surface area (Å²) in [4.78, 5) is 10.1. The van der Waals surface area contributed by atoms with Crippen LogP contribution in [0.15, 0.2) is 12.7 Å². The maximum Gasteiger partial charge on any atom is 0.122 e. The number of aldehydes is 1. The molecule has 0 aliphatic rings. The first-order chi connectivity index (χ1) is 4.81. The van der Waals surface area contributed by atoms with Gasteiger partial charge in [-0.2, -0.15) is 0 Å². The molecule has 0 rings (SSSR count). The van der Waals surface area contributed by atoms with Crippen LogP contribution in [0, 0.1) is 5.92 Å². The Labute approximate surface area is 61.9 Å².